The summed E-state index contributed by atoms with van der Waals surface area (Å²) in [6.45, 7) is 4.00. The molecule has 1 N–H and O–H groups in total. The Hall–Kier alpha value is 0.820. The van der Waals surface area contributed by atoms with Gasteiger partial charge >= 0.3 is 0 Å². The maximum Gasteiger partial charge on any atom is 0.242 e. The van der Waals surface area contributed by atoms with Crippen LogP contribution >= 0.6 is 54.5 Å². The van der Waals surface area contributed by atoms with Crippen molar-refractivity contribution in [3.8, 4) is 0 Å². The van der Waals surface area contributed by atoms with E-state index < -0.39 is 10.0 Å². The van der Waals surface area contributed by atoms with E-state index >= 15 is 0 Å². The molecule has 1 rings (SSSR count). The van der Waals surface area contributed by atoms with Crippen molar-refractivity contribution in [3.63, 3.8) is 0 Å². The molecule has 1 unspecified atom stereocenters. The third-order valence-electron chi connectivity index (χ3n) is 2.46. The van der Waals surface area contributed by atoms with E-state index in [1.165, 1.54) is 0 Å². The summed E-state index contributed by atoms with van der Waals surface area (Å²) < 4.78 is 29.4. The Labute approximate surface area is 139 Å². The van der Waals surface area contributed by atoms with Gasteiger partial charge in [0.1, 0.15) is 0 Å². The minimum Gasteiger partial charge on any atom is -0.207 e. The lowest BCUT2D eigenvalue weighted by Gasteiger charge is -2.20. The SMILES string of the molecule is CC(C)C(CI)NS(=O)(=O)c1cc(Br)ccc1Br. The van der Waals surface area contributed by atoms with Crippen LogP contribution in [-0.2, 0) is 10.0 Å². The molecule has 0 fully saturated rings. The number of alkyl halides is 1. The summed E-state index contributed by atoms with van der Waals surface area (Å²) in [5.41, 5.74) is 0. The predicted octanol–water partition coefficient (Wildman–Crippen LogP) is 3.95. The van der Waals surface area contributed by atoms with E-state index in [1.807, 2.05) is 13.8 Å². The summed E-state index contributed by atoms with van der Waals surface area (Å²) in [5, 5.41) is 0. The van der Waals surface area contributed by atoms with Gasteiger partial charge in [0.25, 0.3) is 0 Å². The van der Waals surface area contributed by atoms with Gasteiger partial charge in [-0.05, 0) is 40.0 Å². The van der Waals surface area contributed by atoms with E-state index in [-0.39, 0.29) is 16.9 Å². The topological polar surface area (TPSA) is 46.2 Å². The molecule has 0 aliphatic carbocycles. The number of benzene rings is 1. The zero-order valence-electron chi connectivity index (χ0n) is 9.95. The molecular weight excluding hydrogens is 497 g/mol. The molecular formula is C11H14Br2INO2S. The Morgan fingerprint density at radius 2 is 1.94 bits per heavy atom. The lowest BCUT2D eigenvalue weighted by molar-refractivity contribution is 0.486. The zero-order valence-corrected chi connectivity index (χ0v) is 16.1. The highest BCUT2D eigenvalue weighted by molar-refractivity contribution is 14.1. The lowest BCUT2D eigenvalue weighted by atomic mass is 10.1. The molecule has 102 valence electrons. The molecule has 0 bridgehead atoms. The van der Waals surface area contributed by atoms with Gasteiger partial charge in [-0.3, -0.25) is 0 Å². The Morgan fingerprint density at radius 3 is 2.44 bits per heavy atom. The molecule has 0 aromatic heterocycles. The molecule has 1 aromatic carbocycles. The highest BCUT2D eigenvalue weighted by atomic mass is 127. The van der Waals surface area contributed by atoms with Gasteiger partial charge in [0.15, 0.2) is 0 Å². The van der Waals surface area contributed by atoms with Crippen LogP contribution in [0.5, 0.6) is 0 Å². The first-order valence-electron chi connectivity index (χ1n) is 5.31. The first-order valence-corrected chi connectivity index (χ1v) is 9.90. The average molecular weight is 511 g/mol. The standard InChI is InChI=1S/C11H14Br2INO2S/c1-7(2)10(6-14)15-18(16,17)11-5-8(12)3-4-9(11)13/h3-5,7,10,15H,6H2,1-2H3. The number of hydrogen-bond donors (Lipinski definition) is 1. The van der Waals surface area contributed by atoms with Crippen LogP contribution < -0.4 is 4.72 Å². The van der Waals surface area contributed by atoms with Gasteiger partial charge < -0.3 is 0 Å². The molecule has 0 aliphatic heterocycles. The molecule has 1 aromatic rings. The second-order valence-corrected chi connectivity index (χ2v) is 8.53. The summed E-state index contributed by atoms with van der Waals surface area (Å²) in [7, 11) is -3.50. The molecule has 0 spiro atoms. The number of sulfonamides is 1. The van der Waals surface area contributed by atoms with Crippen LogP contribution in [0.25, 0.3) is 0 Å². The Balaban J connectivity index is 3.10. The van der Waals surface area contributed by atoms with Crippen LogP contribution in [0, 0.1) is 5.92 Å². The van der Waals surface area contributed by atoms with Gasteiger partial charge in [-0.1, -0.05) is 52.4 Å². The quantitative estimate of drug-likeness (QED) is 0.481. The summed E-state index contributed by atoms with van der Waals surface area (Å²) in [6.07, 6.45) is 0. The lowest BCUT2D eigenvalue weighted by Crippen LogP contribution is -2.39. The van der Waals surface area contributed by atoms with E-state index in [4.69, 9.17) is 0 Å². The molecule has 0 saturated carbocycles. The van der Waals surface area contributed by atoms with E-state index in [9.17, 15) is 8.42 Å². The van der Waals surface area contributed by atoms with Gasteiger partial charge in [-0.15, -0.1) is 0 Å². The zero-order chi connectivity index (χ0) is 13.9. The summed E-state index contributed by atoms with van der Waals surface area (Å²) in [4.78, 5) is 0.257. The number of halogens is 3. The van der Waals surface area contributed by atoms with Crippen LogP contribution in [0.2, 0.25) is 0 Å². The Kier molecular flexibility index (Phi) is 6.57. The van der Waals surface area contributed by atoms with Crippen LogP contribution in [0.15, 0.2) is 32.0 Å². The molecule has 0 amide bonds. The van der Waals surface area contributed by atoms with Crippen LogP contribution in [0.3, 0.4) is 0 Å². The fourth-order valence-corrected chi connectivity index (χ4v) is 5.71. The summed E-state index contributed by atoms with van der Waals surface area (Å²) in [6, 6.07) is 5.03. The number of hydrogen-bond acceptors (Lipinski definition) is 2. The Bertz CT molecular complexity index is 520. The maximum atomic E-state index is 12.3. The van der Waals surface area contributed by atoms with E-state index in [0.29, 0.717) is 4.47 Å². The second kappa shape index (κ2) is 7.01. The van der Waals surface area contributed by atoms with Gasteiger partial charge in [0, 0.05) is 19.4 Å². The first-order chi connectivity index (χ1) is 8.27. The number of nitrogens with one attached hydrogen (secondary N) is 1. The van der Waals surface area contributed by atoms with Crippen LogP contribution in [0.1, 0.15) is 13.8 Å². The highest BCUT2D eigenvalue weighted by Gasteiger charge is 2.23. The third kappa shape index (κ3) is 4.43. The monoisotopic (exact) mass is 509 g/mol. The van der Waals surface area contributed by atoms with E-state index in [0.717, 1.165) is 8.90 Å². The smallest absolute Gasteiger partial charge is 0.207 e. The molecule has 3 nitrogen and oxygen atoms in total. The van der Waals surface area contributed by atoms with Crippen molar-refractivity contribution < 1.29 is 8.42 Å². The van der Waals surface area contributed by atoms with Crippen molar-refractivity contribution >= 4 is 64.5 Å². The van der Waals surface area contributed by atoms with Gasteiger partial charge in [-0.2, -0.15) is 0 Å². The van der Waals surface area contributed by atoms with E-state index in [1.54, 1.807) is 18.2 Å². The third-order valence-corrected chi connectivity index (χ3v) is 6.39. The number of rotatable bonds is 5. The van der Waals surface area contributed by atoms with Crippen molar-refractivity contribution in [2.45, 2.75) is 24.8 Å². The second-order valence-electron chi connectivity index (χ2n) is 4.20. The molecule has 7 heteroatoms. The van der Waals surface area contributed by atoms with Crippen molar-refractivity contribution in [1.82, 2.24) is 4.72 Å². The van der Waals surface area contributed by atoms with Crippen molar-refractivity contribution in [1.29, 1.82) is 0 Å². The van der Waals surface area contributed by atoms with Crippen LogP contribution in [0.4, 0.5) is 0 Å². The fraction of sp³-hybridized carbons (Fsp3) is 0.455. The van der Waals surface area contributed by atoms with Crippen LogP contribution in [-0.4, -0.2) is 18.9 Å². The predicted molar refractivity (Wildman–Crippen MR) is 89.7 cm³/mol. The van der Waals surface area contributed by atoms with Crippen molar-refractivity contribution in [2.75, 3.05) is 4.43 Å². The Morgan fingerprint density at radius 1 is 1.33 bits per heavy atom. The molecule has 18 heavy (non-hydrogen) atoms. The minimum atomic E-state index is -3.50. The molecule has 0 radical (unpaired) electrons. The van der Waals surface area contributed by atoms with E-state index in [2.05, 4.69) is 59.2 Å². The molecule has 1 atom stereocenters. The minimum absolute atomic E-state index is 0.0681. The maximum absolute atomic E-state index is 12.3. The highest BCUT2D eigenvalue weighted by Crippen LogP contribution is 2.26. The fourth-order valence-electron chi connectivity index (χ4n) is 1.29. The summed E-state index contributed by atoms with van der Waals surface area (Å²) >= 11 is 8.75. The van der Waals surface area contributed by atoms with Crippen molar-refractivity contribution in [2.24, 2.45) is 5.92 Å². The van der Waals surface area contributed by atoms with Gasteiger partial charge in [0.2, 0.25) is 10.0 Å². The normalized spacial score (nSPS) is 13.9. The van der Waals surface area contributed by atoms with Crippen molar-refractivity contribution in [3.05, 3.63) is 27.1 Å². The molecule has 0 heterocycles. The first kappa shape index (κ1) is 16.9. The summed E-state index contributed by atoms with van der Waals surface area (Å²) in [5.74, 6) is 0.252. The molecule has 0 saturated heterocycles. The average Bonchev–Trinajstić information content (AvgIpc) is 2.28. The largest absolute Gasteiger partial charge is 0.242 e. The molecule has 0 aliphatic rings. The van der Waals surface area contributed by atoms with Gasteiger partial charge in [0.05, 0.1) is 4.90 Å². The van der Waals surface area contributed by atoms with Gasteiger partial charge in [-0.25, -0.2) is 13.1 Å².